The van der Waals surface area contributed by atoms with Crippen LogP contribution >= 0.6 is 39.7 Å². The van der Waals surface area contributed by atoms with Crippen LogP contribution in [0.15, 0.2) is 52.3 Å². The van der Waals surface area contributed by atoms with E-state index >= 15 is 0 Å². The Balaban J connectivity index is 0.00000261. The first kappa shape index (κ1) is 22.2. The van der Waals surface area contributed by atoms with Crippen LogP contribution in [0.25, 0.3) is 21.2 Å². The summed E-state index contributed by atoms with van der Waals surface area (Å²) in [7, 11) is 2.03. The van der Waals surface area contributed by atoms with E-state index in [0.29, 0.717) is 0 Å². The van der Waals surface area contributed by atoms with Crippen molar-refractivity contribution in [2.75, 3.05) is 33.4 Å². The lowest BCUT2D eigenvalue weighted by atomic mass is 10.1. The molecule has 3 aromatic rings. The summed E-state index contributed by atoms with van der Waals surface area (Å²) in [4.78, 5) is 2.14. The van der Waals surface area contributed by atoms with Gasteiger partial charge in [-0.15, -0.1) is 23.7 Å². The number of halogens is 2. The van der Waals surface area contributed by atoms with Gasteiger partial charge in [-0.2, -0.15) is 0 Å². The number of benzene rings is 2. The molecule has 3 rings (SSSR count). The van der Waals surface area contributed by atoms with E-state index in [1.165, 1.54) is 21.2 Å². The molecule has 0 aliphatic heterocycles. The molecule has 0 fully saturated rings. The summed E-state index contributed by atoms with van der Waals surface area (Å²) in [6.45, 7) is 2.67. The highest BCUT2D eigenvalue weighted by molar-refractivity contribution is 9.10. The first-order valence-electron chi connectivity index (χ1n) is 8.87. The number of likely N-dealkylation sites (N-methyl/N-ethyl adjacent to an activating group) is 1. The second-order valence-corrected chi connectivity index (χ2v) is 8.22. The van der Waals surface area contributed by atoms with E-state index in [4.69, 9.17) is 9.84 Å². The Morgan fingerprint density at radius 1 is 1.07 bits per heavy atom. The van der Waals surface area contributed by atoms with Crippen LogP contribution in [-0.2, 0) is 0 Å². The minimum atomic E-state index is 0. The third kappa shape index (κ3) is 6.19. The Bertz CT molecular complexity index is 838. The molecular formula is C21H25BrClNO2S. The zero-order valence-corrected chi connectivity index (χ0v) is 18.6. The molecule has 146 valence electrons. The van der Waals surface area contributed by atoms with Gasteiger partial charge in [0.05, 0.1) is 13.2 Å². The largest absolute Gasteiger partial charge is 0.494 e. The molecule has 0 aliphatic rings. The third-order valence-electron chi connectivity index (χ3n) is 4.39. The van der Waals surface area contributed by atoms with E-state index in [0.717, 1.165) is 42.8 Å². The molecule has 1 aromatic heterocycles. The number of ether oxygens (including phenoxy) is 1. The van der Waals surface area contributed by atoms with Crippen molar-refractivity contribution in [2.45, 2.75) is 12.8 Å². The van der Waals surface area contributed by atoms with Gasteiger partial charge in [0.25, 0.3) is 0 Å². The van der Waals surface area contributed by atoms with Crippen LogP contribution in [0.5, 0.6) is 5.75 Å². The molecule has 27 heavy (non-hydrogen) atoms. The fraction of sp³-hybridized carbons (Fsp3) is 0.333. The fourth-order valence-corrected chi connectivity index (χ4v) is 4.17. The number of fused-ring (bicyclic) bond motifs is 1. The lowest BCUT2D eigenvalue weighted by Crippen LogP contribution is -2.23. The molecule has 0 amide bonds. The quantitative estimate of drug-likeness (QED) is 0.399. The first-order chi connectivity index (χ1) is 12.7. The van der Waals surface area contributed by atoms with Crippen LogP contribution in [-0.4, -0.2) is 43.4 Å². The summed E-state index contributed by atoms with van der Waals surface area (Å²) in [6, 6.07) is 14.8. The summed E-state index contributed by atoms with van der Waals surface area (Å²) < 4.78 is 8.27. The molecule has 3 nitrogen and oxygen atoms in total. The van der Waals surface area contributed by atoms with Crippen LogP contribution in [0.4, 0.5) is 0 Å². The second-order valence-electron chi connectivity index (χ2n) is 6.40. The lowest BCUT2D eigenvalue weighted by Gasteiger charge is -2.14. The molecule has 1 N–H and O–H groups in total. The summed E-state index contributed by atoms with van der Waals surface area (Å²) in [6.07, 6.45) is 2.09. The van der Waals surface area contributed by atoms with Crippen LogP contribution in [0.2, 0.25) is 0 Å². The molecule has 0 unspecified atom stereocenters. The summed E-state index contributed by atoms with van der Waals surface area (Å²) in [5, 5.41) is 12.4. The normalized spacial score (nSPS) is 11.0. The minimum Gasteiger partial charge on any atom is -0.494 e. The lowest BCUT2D eigenvalue weighted by molar-refractivity contribution is 0.215. The highest BCUT2D eigenvalue weighted by Gasteiger charge is 2.08. The highest BCUT2D eigenvalue weighted by atomic mass is 79.9. The summed E-state index contributed by atoms with van der Waals surface area (Å²) in [5.74, 6) is 0.936. The van der Waals surface area contributed by atoms with Crippen molar-refractivity contribution >= 4 is 49.8 Å². The van der Waals surface area contributed by atoms with Crippen molar-refractivity contribution in [3.8, 4) is 16.9 Å². The molecule has 0 atom stereocenters. The maximum absolute atomic E-state index is 8.89. The number of thiophene rings is 1. The number of rotatable bonds is 9. The molecule has 0 radical (unpaired) electrons. The van der Waals surface area contributed by atoms with Crippen molar-refractivity contribution < 1.29 is 9.84 Å². The topological polar surface area (TPSA) is 32.7 Å². The maximum Gasteiger partial charge on any atom is 0.120 e. The predicted molar refractivity (Wildman–Crippen MR) is 122 cm³/mol. The monoisotopic (exact) mass is 469 g/mol. The van der Waals surface area contributed by atoms with Gasteiger partial charge >= 0.3 is 0 Å². The molecule has 1 heterocycles. The number of aliphatic hydroxyl groups is 1. The fourth-order valence-electron chi connectivity index (χ4n) is 2.91. The van der Waals surface area contributed by atoms with Gasteiger partial charge < -0.3 is 14.7 Å². The minimum absolute atomic E-state index is 0. The third-order valence-corrected chi connectivity index (χ3v) is 5.86. The predicted octanol–water partition coefficient (Wildman–Crippen LogP) is 5.84. The Hall–Kier alpha value is -1.11. The van der Waals surface area contributed by atoms with Gasteiger partial charge in [-0.05, 0) is 67.7 Å². The van der Waals surface area contributed by atoms with E-state index in [1.54, 1.807) is 11.3 Å². The number of unbranched alkanes of at least 4 members (excludes halogenated alkanes) is 1. The van der Waals surface area contributed by atoms with Gasteiger partial charge in [0.1, 0.15) is 5.75 Å². The van der Waals surface area contributed by atoms with Crippen molar-refractivity contribution in [3.63, 3.8) is 0 Å². The van der Waals surface area contributed by atoms with Crippen LogP contribution in [0.3, 0.4) is 0 Å². The zero-order chi connectivity index (χ0) is 18.4. The van der Waals surface area contributed by atoms with E-state index in [1.807, 2.05) is 7.05 Å². The highest BCUT2D eigenvalue weighted by Crippen LogP contribution is 2.36. The van der Waals surface area contributed by atoms with Crippen molar-refractivity contribution in [1.29, 1.82) is 0 Å². The molecule has 0 bridgehead atoms. The van der Waals surface area contributed by atoms with Crippen LogP contribution in [0, 0.1) is 0 Å². The van der Waals surface area contributed by atoms with E-state index < -0.39 is 0 Å². The first-order valence-corrected chi connectivity index (χ1v) is 10.5. The van der Waals surface area contributed by atoms with Crippen molar-refractivity contribution in [1.82, 2.24) is 4.90 Å². The van der Waals surface area contributed by atoms with E-state index in [-0.39, 0.29) is 19.0 Å². The van der Waals surface area contributed by atoms with E-state index in [2.05, 4.69) is 68.7 Å². The SMILES string of the molecule is CN(CCO)CCCCOc1ccc2c(-c3ccc(Br)cc3)csc2c1.Cl. The molecule has 0 saturated heterocycles. The smallest absolute Gasteiger partial charge is 0.120 e. The Morgan fingerprint density at radius 3 is 2.59 bits per heavy atom. The van der Waals surface area contributed by atoms with Gasteiger partial charge in [0.2, 0.25) is 0 Å². The number of hydrogen-bond donors (Lipinski definition) is 1. The molecule has 0 aliphatic carbocycles. The average molecular weight is 471 g/mol. The van der Waals surface area contributed by atoms with Gasteiger partial charge in [-0.1, -0.05) is 28.1 Å². The standard InChI is InChI=1S/C21H24BrNO2S.ClH/c1-23(11-12-24)10-2-3-13-25-18-8-9-19-20(15-26-21(19)14-18)16-4-6-17(22)7-5-16;/h4-9,14-15,24H,2-3,10-13H2,1H3;1H. The van der Waals surface area contributed by atoms with Crippen molar-refractivity contribution in [3.05, 3.63) is 52.3 Å². The zero-order valence-electron chi connectivity index (χ0n) is 15.4. The number of nitrogens with zero attached hydrogens (tertiary/aromatic N) is 1. The Kier molecular flexibility index (Phi) is 9.06. The summed E-state index contributed by atoms with van der Waals surface area (Å²) >= 11 is 5.25. The second kappa shape index (κ2) is 11.0. The average Bonchev–Trinajstić information content (AvgIpc) is 3.05. The molecule has 0 saturated carbocycles. The van der Waals surface area contributed by atoms with E-state index in [9.17, 15) is 0 Å². The number of aliphatic hydroxyl groups excluding tert-OH is 1. The molecule has 2 aromatic carbocycles. The maximum atomic E-state index is 8.89. The van der Waals surface area contributed by atoms with Crippen LogP contribution in [0.1, 0.15) is 12.8 Å². The molecule has 0 spiro atoms. The van der Waals surface area contributed by atoms with Gasteiger partial charge in [-0.25, -0.2) is 0 Å². The summed E-state index contributed by atoms with van der Waals surface area (Å²) in [5.41, 5.74) is 2.51. The Labute approximate surface area is 179 Å². The van der Waals surface area contributed by atoms with Gasteiger partial charge in [0, 0.05) is 26.7 Å². The van der Waals surface area contributed by atoms with Gasteiger partial charge in [-0.3, -0.25) is 0 Å². The van der Waals surface area contributed by atoms with Crippen LogP contribution < -0.4 is 4.74 Å². The van der Waals surface area contributed by atoms with Gasteiger partial charge in [0.15, 0.2) is 0 Å². The molecular weight excluding hydrogens is 446 g/mol. The Morgan fingerprint density at radius 2 is 1.85 bits per heavy atom. The van der Waals surface area contributed by atoms with Crippen molar-refractivity contribution in [2.24, 2.45) is 0 Å². The number of hydrogen-bond acceptors (Lipinski definition) is 4. The molecule has 6 heteroatoms.